The molecular formula is C14H27NO3. The molecule has 1 fully saturated rings. The van der Waals surface area contributed by atoms with Crippen LogP contribution in [0.5, 0.6) is 0 Å². The first-order chi connectivity index (χ1) is 8.43. The van der Waals surface area contributed by atoms with Crippen LogP contribution in [0.2, 0.25) is 0 Å². The first-order valence-electron chi connectivity index (χ1n) is 7.02. The average molecular weight is 257 g/mol. The fraction of sp³-hybridized carbons (Fsp3) is 0.929. The van der Waals surface area contributed by atoms with Gasteiger partial charge in [-0.15, -0.1) is 0 Å². The Kier molecular flexibility index (Phi) is 5.93. The van der Waals surface area contributed by atoms with Gasteiger partial charge >= 0.3 is 6.09 Å². The smallest absolute Gasteiger partial charge is 0.405 e. The number of aliphatic hydroxyl groups is 1. The summed E-state index contributed by atoms with van der Waals surface area (Å²) in [6.45, 7) is 4.15. The summed E-state index contributed by atoms with van der Waals surface area (Å²) in [6, 6.07) is 0. The van der Waals surface area contributed by atoms with Gasteiger partial charge in [-0.2, -0.15) is 0 Å². The van der Waals surface area contributed by atoms with Crippen molar-refractivity contribution < 1.29 is 14.6 Å². The third-order valence-electron chi connectivity index (χ3n) is 3.99. The fourth-order valence-electron chi connectivity index (χ4n) is 2.84. The normalized spacial score (nSPS) is 24.8. The van der Waals surface area contributed by atoms with Gasteiger partial charge in [0.2, 0.25) is 0 Å². The summed E-state index contributed by atoms with van der Waals surface area (Å²) in [5, 5.41) is 9.08. The molecule has 0 atom stereocenters. The Hall–Kier alpha value is -0.770. The molecule has 0 saturated heterocycles. The molecular weight excluding hydrogens is 230 g/mol. The summed E-state index contributed by atoms with van der Waals surface area (Å²) in [7, 11) is 0. The molecule has 0 spiro atoms. The van der Waals surface area contributed by atoms with Gasteiger partial charge in [-0.3, -0.25) is 0 Å². The molecule has 0 aliphatic heterocycles. The summed E-state index contributed by atoms with van der Waals surface area (Å²) in [6.07, 6.45) is 7.17. The van der Waals surface area contributed by atoms with Crippen LogP contribution in [0.4, 0.5) is 4.79 Å². The summed E-state index contributed by atoms with van der Waals surface area (Å²) < 4.78 is 5.07. The zero-order chi connectivity index (χ0) is 13.6. The zero-order valence-electron chi connectivity index (χ0n) is 11.7. The van der Waals surface area contributed by atoms with Crippen LogP contribution in [-0.4, -0.2) is 23.4 Å². The van der Waals surface area contributed by atoms with E-state index in [1.54, 1.807) is 0 Å². The molecule has 3 N–H and O–H groups in total. The van der Waals surface area contributed by atoms with Gasteiger partial charge in [0.15, 0.2) is 0 Å². The predicted octanol–water partition coefficient (Wildman–Crippen LogP) is 2.83. The molecule has 0 aromatic heterocycles. The monoisotopic (exact) mass is 257 g/mol. The summed E-state index contributed by atoms with van der Waals surface area (Å²) in [5.41, 5.74) is 4.59. The van der Waals surface area contributed by atoms with Gasteiger partial charge < -0.3 is 15.6 Å². The van der Waals surface area contributed by atoms with Gasteiger partial charge in [0, 0.05) is 6.61 Å². The second-order valence-electron chi connectivity index (χ2n) is 6.14. The molecule has 0 aromatic carbocycles. The number of carbonyl (C=O) groups excluding carboxylic acids is 1. The van der Waals surface area contributed by atoms with E-state index in [0.717, 1.165) is 31.6 Å². The Morgan fingerprint density at radius 1 is 1.28 bits per heavy atom. The van der Waals surface area contributed by atoms with Crippen LogP contribution in [-0.2, 0) is 4.74 Å². The van der Waals surface area contributed by atoms with Gasteiger partial charge in [0.1, 0.15) is 5.60 Å². The maximum Gasteiger partial charge on any atom is 0.405 e. The number of amides is 1. The molecule has 1 aliphatic rings. The molecule has 0 unspecified atom stereocenters. The van der Waals surface area contributed by atoms with Gasteiger partial charge in [0.05, 0.1) is 0 Å². The van der Waals surface area contributed by atoms with E-state index < -0.39 is 11.7 Å². The highest BCUT2D eigenvalue weighted by Gasteiger charge is 2.24. The lowest BCUT2D eigenvalue weighted by molar-refractivity contribution is 0.0357. The van der Waals surface area contributed by atoms with Crippen molar-refractivity contribution >= 4 is 6.09 Å². The van der Waals surface area contributed by atoms with Gasteiger partial charge in [-0.1, -0.05) is 19.3 Å². The Morgan fingerprint density at radius 3 is 2.33 bits per heavy atom. The fourth-order valence-corrected chi connectivity index (χ4v) is 2.84. The topological polar surface area (TPSA) is 72.6 Å². The molecule has 0 radical (unpaired) electrons. The number of hydrogen-bond donors (Lipinski definition) is 2. The van der Waals surface area contributed by atoms with E-state index in [0.29, 0.717) is 12.5 Å². The highest BCUT2D eigenvalue weighted by atomic mass is 16.6. The Bertz CT molecular complexity index is 258. The van der Waals surface area contributed by atoms with Crippen LogP contribution < -0.4 is 5.73 Å². The Balaban J connectivity index is 2.16. The van der Waals surface area contributed by atoms with Crippen molar-refractivity contribution in [1.29, 1.82) is 0 Å². The Morgan fingerprint density at radius 2 is 1.83 bits per heavy atom. The van der Waals surface area contributed by atoms with Crippen molar-refractivity contribution in [3.8, 4) is 0 Å². The zero-order valence-corrected chi connectivity index (χ0v) is 11.7. The summed E-state index contributed by atoms with van der Waals surface area (Å²) in [5.74, 6) is 1.30. The maximum atomic E-state index is 10.7. The van der Waals surface area contributed by atoms with Crippen molar-refractivity contribution in [3.63, 3.8) is 0 Å². The predicted molar refractivity (Wildman–Crippen MR) is 71.1 cm³/mol. The quantitative estimate of drug-likeness (QED) is 0.768. The van der Waals surface area contributed by atoms with E-state index in [9.17, 15) is 4.79 Å². The van der Waals surface area contributed by atoms with E-state index in [1.165, 1.54) is 19.3 Å². The molecule has 0 aromatic rings. The number of aliphatic hydroxyl groups excluding tert-OH is 1. The lowest BCUT2D eigenvalue weighted by atomic mass is 9.79. The van der Waals surface area contributed by atoms with E-state index >= 15 is 0 Å². The number of carbonyl (C=O) groups is 1. The van der Waals surface area contributed by atoms with E-state index in [4.69, 9.17) is 15.6 Å². The van der Waals surface area contributed by atoms with Crippen molar-refractivity contribution in [2.45, 2.75) is 64.4 Å². The molecule has 1 amide bonds. The summed E-state index contributed by atoms with van der Waals surface area (Å²) in [4.78, 5) is 10.7. The van der Waals surface area contributed by atoms with Crippen LogP contribution >= 0.6 is 0 Å². The minimum absolute atomic E-state index is 0.339. The average Bonchev–Trinajstić information content (AvgIpc) is 2.28. The third-order valence-corrected chi connectivity index (χ3v) is 3.99. The van der Waals surface area contributed by atoms with E-state index in [1.807, 2.05) is 13.8 Å². The third kappa shape index (κ3) is 5.71. The standard InChI is InChI=1S/C14H27NO3/c1-14(2,18-13(15)17)9-3-4-11-5-7-12(10-16)8-6-11/h11-12,16H,3-10H2,1-2H3,(H2,15,17). The van der Waals surface area contributed by atoms with Crippen molar-refractivity contribution in [3.05, 3.63) is 0 Å². The van der Waals surface area contributed by atoms with Crippen LogP contribution in [0, 0.1) is 11.8 Å². The molecule has 4 nitrogen and oxygen atoms in total. The lowest BCUT2D eigenvalue weighted by Crippen LogP contribution is -2.31. The first kappa shape index (κ1) is 15.3. The molecule has 0 bridgehead atoms. The molecule has 1 aliphatic carbocycles. The minimum Gasteiger partial charge on any atom is -0.444 e. The first-order valence-corrected chi connectivity index (χ1v) is 7.02. The van der Waals surface area contributed by atoms with Crippen molar-refractivity contribution in [2.24, 2.45) is 17.6 Å². The highest BCUT2D eigenvalue weighted by molar-refractivity contribution is 5.65. The molecule has 18 heavy (non-hydrogen) atoms. The van der Waals surface area contributed by atoms with Crippen LogP contribution in [0.15, 0.2) is 0 Å². The summed E-state index contributed by atoms with van der Waals surface area (Å²) >= 11 is 0. The van der Waals surface area contributed by atoms with Crippen LogP contribution in [0.1, 0.15) is 58.8 Å². The maximum absolute atomic E-state index is 10.7. The SMILES string of the molecule is CC(C)(CCCC1CCC(CO)CC1)OC(N)=O. The lowest BCUT2D eigenvalue weighted by Gasteiger charge is -2.29. The molecule has 1 rings (SSSR count). The van der Waals surface area contributed by atoms with E-state index in [-0.39, 0.29) is 0 Å². The van der Waals surface area contributed by atoms with E-state index in [2.05, 4.69) is 0 Å². The van der Waals surface area contributed by atoms with Gasteiger partial charge in [0.25, 0.3) is 0 Å². The molecule has 4 heteroatoms. The number of rotatable bonds is 6. The Labute approximate surface area is 110 Å². The second-order valence-corrected chi connectivity index (χ2v) is 6.14. The van der Waals surface area contributed by atoms with Gasteiger partial charge in [-0.25, -0.2) is 4.79 Å². The highest BCUT2D eigenvalue weighted by Crippen LogP contribution is 2.32. The molecule has 1 saturated carbocycles. The number of ether oxygens (including phenoxy) is 1. The minimum atomic E-state index is -0.691. The molecule has 0 heterocycles. The van der Waals surface area contributed by atoms with Gasteiger partial charge in [-0.05, 0) is 51.4 Å². The second kappa shape index (κ2) is 6.98. The number of nitrogens with two attached hydrogens (primary N) is 1. The number of primary amides is 1. The molecule has 106 valence electrons. The van der Waals surface area contributed by atoms with Crippen LogP contribution in [0.25, 0.3) is 0 Å². The van der Waals surface area contributed by atoms with Crippen LogP contribution in [0.3, 0.4) is 0 Å². The largest absolute Gasteiger partial charge is 0.444 e. The van der Waals surface area contributed by atoms with Crippen molar-refractivity contribution in [2.75, 3.05) is 6.61 Å². The number of hydrogen-bond acceptors (Lipinski definition) is 3. The van der Waals surface area contributed by atoms with Crippen molar-refractivity contribution in [1.82, 2.24) is 0 Å².